The highest BCUT2D eigenvalue weighted by molar-refractivity contribution is 6.31. The molecule has 0 aliphatic carbocycles. The lowest BCUT2D eigenvalue weighted by molar-refractivity contribution is -0.143. The summed E-state index contributed by atoms with van der Waals surface area (Å²) < 4.78 is 11.5. The first kappa shape index (κ1) is 20.2. The molecule has 1 aromatic carbocycles. The van der Waals surface area contributed by atoms with Crippen LogP contribution in [0.15, 0.2) is 48.8 Å². The van der Waals surface area contributed by atoms with Crippen molar-refractivity contribution in [1.29, 1.82) is 0 Å². The van der Waals surface area contributed by atoms with Gasteiger partial charge in [-0.05, 0) is 37.2 Å². The first-order valence-corrected chi connectivity index (χ1v) is 10.7. The molecule has 0 bridgehead atoms. The van der Waals surface area contributed by atoms with E-state index < -0.39 is 5.41 Å². The second-order valence-electron chi connectivity index (χ2n) is 7.91. The highest BCUT2D eigenvalue weighted by Gasteiger charge is 2.44. The lowest BCUT2D eigenvalue weighted by Crippen LogP contribution is -2.52. The van der Waals surface area contributed by atoms with E-state index in [1.54, 1.807) is 18.5 Å². The second-order valence-corrected chi connectivity index (χ2v) is 8.32. The van der Waals surface area contributed by atoms with Gasteiger partial charge >= 0.3 is 0 Å². The van der Waals surface area contributed by atoms with Crippen molar-refractivity contribution in [2.45, 2.75) is 31.1 Å². The number of hydrogen-bond acceptors (Lipinski definition) is 4. The minimum Gasteiger partial charge on any atom is -0.492 e. The third-order valence-corrected chi connectivity index (χ3v) is 6.48. The van der Waals surface area contributed by atoms with Gasteiger partial charge in [-0.25, -0.2) is 0 Å². The molecule has 0 atom stereocenters. The van der Waals surface area contributed by atoms with Gasteiger partial charge in [0.1, 0.15) is 10.8 Å². The Morgan fingerprint density at radius 2 is 1.90 bits per heavy atom. The van der Waals surface area contributed by atoms with Crippen molar-refractivity contribution < 1.29 is 14.3 Å². The Hall–Kier alpha value is -2.11. The van der Waals surface area contributed by atoms with Crippen molar-refractivity contribution in [2.75, 3.05) is 32.9 Å². The van der Waals surface area contributed by atoms with Crippen molar-refractivity contribution in [3.8, 4) is 5.75 Å². The van der Waals surface area contributed by atoms with E-state index in [1.165, 1.54) is 0 Å². The van der Waals surface area contributed by atoms with Crippen LogP contribution in [-0.2, 0) is 14.9 Å². The zero-order chi connectivity index (χ0) is 20.1. The molecule has 2 aliphatic heterocycles. The van der Waals surface area contributed by atoms with E-state index >= 15 is 0 Å². The van der Waals surface area contributed by atoms with E-state index in [1.807, 2.05) is 23.1 Å². The van der Waals surface area contributed by atoms with Crippen molar-refractivity contribution in [1.82, 2.24) is 9.88 Å². The van der Waals surface area contributed by atoms with Crippen LogP contribution in [0.1, 0.15) is 31.2 Å². The van der Waals surface area contributed by atoms with Crippen LogP contribution in [0.25, 0.3) is 0 Å². The normalized spacial score (nSPS) is 19.7. The maximum absolute atomic E-state index is 13.6. The fourth-order valence-electron chi connectivity index (χ4n) is 4.40. The van der Waals surface area contributed by atoms with Gasteiger partial charge in [-0.2, -0.15) is 0 Å². The molecule has 3 heterocycles. The lowest BCUT2D eigenvalue weighted by Gasteiger charge is -2.42. The fraction of sp³-hybridized carbons (Fsp3) is 0.478. The molecule has 0 saturated carbocycles. The van der Waals surface area contributed by atoms with Gasteiger partial charge < -0.3 is 14.4 Å². The smallest absolute Gasteiger partial charge is 0.233 e. The predicted molar refractivity (Wildman–Crippen MR) is 112 cm³/mol. The summed E-state index contributed by atoms with van der Waals surface area (Å²) >= 11 is 6.12. The van der Waals surface area contributed by atoms with Crippen molar-refractivity contribution >= 4 is 17.5 Å². The quantitative estimate of drug-likeness (QED) is 0.739. The number of amides is 1. The van der Waals surface area contributed by atoms with Gasteiger partial charge in [0.2, 0.25) is 5.91 Å². The molecule has 0 spiro atoms. The Labute approximate surface area is 177 Å². The van der Waals surface area contributed by atoms with Gasteiger partial charge in [-0.3, -0.25) is 9.78 Å². The molecule has 5 nitrogen and oxygen atoms in total. The molecule has 2 fully saturated rings. The average molecular weight is 415 g/mol. The summed E-state index contributed by atoms with van der Waals surface area (Å²) in [4.78, 5) is 19.7. The van der Waals surface area contributed by atoms with Crippen molar-refractivity contribution in [3.63, 3.8) is 0 Å². The van der Waals surface area contributed by atoms with Gasteiger partial charge in [-0.1, -0.05) is 41.9 Å². The standard InChI is InChI=1S/C23H27ClN2O3/c24-20-16-25-11-6-21(20)29-17-18-7-12-26(13-8-18)22(27)23(9-14-28-15-10-23)19-4-2-1-3-5-19/h1-6,11,16,18H,7-10,12-15,17H2. The number of pyridine rings is 1. The highest BCUT2D eigenvalue weighted by atomic mass is 35.5. The van der Waals surface area contributed by atoms with Crippen LogP contribution in [0, 0.1) is 5.92 Å². The van der Waals surface area contributed by atoms with Crippen molar-refractivity contribution in [3.05, 3.63) is 59.4 Å². The van der Waals surface area contributed by atoms with Gasteiger partial charge in [0.05, 0.1) is 12.0 Å². The summed E-state index contributed by atoms with van der Waals surface area (Å²) in [6.07, 6.45) is 6.65. The maximum Gasteiger partial charge on any atom is 0.233 e. The summed E-state index contributed by atoms with van der Waals surface area (Å²) in [5, 5.41) is 0.532. The molecule has 2 aliphatic rings. The van der Waals surface area contributed by atoms with Gasteiger partial charge in [0.15, 0.2) is 0 Å². The largest absolute Gasteiger partial charge is 0.492 e. The van der Waals surface area contributed by atoms with Crippen LogP contribution in [0.5, 0.6) is 5.75 Å². The number of ether oxygens (including phenoxy) is 2. The molecular weight excluding hydrogens is 388 g/mol. The van der Waals surface area contributed by atoms with Crippen LogP contribution >= 0.6 is 11.6 Å². The van der Waals surface area contributed by atoms with Crippen LogP contribution in [-0.4, -0.2) is 48.7 Å². The number of benzene rings is 1. The molecule has 2 saturated heterocycles. The molecule has 0 N–H and O–H groups in total. The molecule has 6 heteroatoms. The highest BCUT2D eigenvalue weighted by Crippen LogP contribution is 2.37. The third kappa shape index (κ3) is 4.41. The molecule has 154 valence electrons. The molecule has 29 heavy (non-hydrogen) atoms. The summed E-state index contributed by atoms with van der Waals surface area (Å²) in [6.45, 7) is 3.43. The molecule has 2 aromatic rings. The molecule has 0 unspecified atom stereocenters. The van der Waals surface area contributed by atoms with Crippen molar-refractivity contribution in [2.24, 2.45) is 5.92 Å². The van der Waals surface area contributed by atoms with Crippen LogP contribution in [0.2, 0.25) is 5.02 Å². The number of carbonyl (C=O) groups is 1. The van der Waals surface area contributed by atoms with Gasteiger partial charge in [-0.15, -0.1) is 0 Å². The van der Waals surface area contributed by atoms with Crippen LogP contribution in [0.4, 0.5) is 0 Å². The Balaban J connectivity index is 1.38. The number of aromatic nitrogens is 1. The third-order valence-electron chi connectivity index (χ3n) is 6.19. The van der Waals surface area contributed by atoms with E-state index in [2.05, 4.69) is 17.1 Å². The number of piperidine rings is 1. The van der Waals surface area contributed by atoms with Crippen LogP contribution < -0.4 is 4.74 Å². The summed E-state index contributed by atoms with van der Waals surface area (Å²) in [5.41, 5.74) is 0.666. The molecule has 1 aromatic heterocycles. The zero-order valence-corrected chi connectivity index (χ0v) is 17.3. The SMILES string of the molecule is O=C(N1CCC(COc2ccncc2Cl)CC1)C1(c2ccccc2)CCOCC1. The van der Waals surface area contributed by atoms with E-state index in [4.69, 9.17) is 21.1 Å². The van der Waals surface area contributed by atoms with E-state index in [-0.39, 0.29) is 5.91 Å². The fourth-order valence-corrected chi connectivity index (χ4v) is 4.57. The molecular formula is C23H27ClN2O3. The number of rotatable bonds is 5. The van der Waals surface area contributed by atoms with E-state index in [0.717, 1.165) is 44.3 Å². The summed E-state index contributed by atoms with van der Waals surface area (Å²) in [5.74, 6) is 1.35. The second kappa shape index (κ2) is 9.14. The Morgan fingerprint density at radius 3 is 2.59 bits per heavy atom. The minimum absolute atomic E-state index is 0.253. The predicted octanol–water partition coefficient (Wildman–Crippen LogP) is 4.10. The lowest BCUT2D eigenvalue weighted by atomic mass is 9.72. The Morgan fingerprint density at radius 1 is 1.17 bits per heavy atom. The first-order valence-electron chi connectivity index (χ1n) is 10.3. The monoisotopic (exact) mass is 414 g/mol. The molecule has 1 amide bonds. The van der Waals surface area contributed by atoms with Gasteiger partial charge in [0.25, 0.3) is 0 Å². The van der Waals surface area contributed by atoms with Crippen LogP contribution in [0.3, 0.4) is 0 Å². The number of nitrogens with zero attached hydrogens (tertiary/aromatic N) is 2. The Bertz CT molecular complexity index is 816. The number of likely N-dealkylation sites (tertiary alicyclic amines) is 1. The number of hydrogen-bond donors (Lipinski definition) is 0. The number of carbonyl (C=O) groups excluding carboxylic acids is 1. The maximum atomic E-state index is 13.6. The minimum atomic E-state index is -0.451. The van der Waals surface area contributed by atoms with E-state index in [9.17, 15) is 4.79 Å². The van der Waals surface area contributed by atoms with E-state index in [0.29, 0.717) is 36.5 Å². The first-order chi connectivity index (χ1) is 14.2. The number of halogens is 1. The van der Waals surface area contributed by atoms with Gasteiger partial charge in [0, 0.05) is 44.8 Å². The Kier molecular flexibility index (Phi) is 6.36. The topological polar surface area (TPSA) is 51.7 Å². The average Bonchev–Trinajstić information content (AvgIpc) is 2.79. The summed E-state index contributed by atoms with van der Waals surface area (Å²) in [6, 6.07) is 12.0. The molecule has 0 radical (unpaired) electrons. The summed E-state index contributed by atoms with van der Waals surface area (Å²) in [7, 11) is 0. The zero-order valence-electron chi connectivity index (χ0n) is 16.6. The molecule has 4 rings (SSSR count).